The lowest BCUT2D eigenvalue weighted by molar-refractivity contribution is -0.116. The lowest BCUT2D eigenvalue weighted by Crippen LogP contribution is -2.42. The lowest BCUT2D eigenvalue weighted by Gasteiger charge is -2.13. The van der Waals surface area contributed by atoms with Crippen LogP contribution in [-0.2, 0) is 30.8 Å². The fourth-order valence-corrected chi connectivity index (χ4v) is 4.12. The molecule has 10 heteroatoms. The summed E-state index contributed by atoms with van der Waals surface area (Å²) >= 11 is 5.79. The van der Waals surface area contributed by atoms with Gasteiger partial charge in [-0.05, 0) is 44.0 Å². The Morgan fingerprint density at radius 3 is 2.50 bits per heavy atom. The fraction of sp³-hybridized carbons (Fsp3) is 0.250. The van der Waals surface area contributed by atoms with E-state index in [0.717, 1.165) is 16.2 Å². The molecule has 0 aliphatic carbocycles. The molecule has 0 radical (unpaired) electrons. The van der Waals surface area contributed by atoms with Gasteiger partial charge in [-0.3, -0.25) is 23.4 Å². The van der Waals surface area contributed by atoms with E-state index in [9.17, 15) is 18.8 Å². The van der Waals surface area contributed by atoms with E-state index in [4.69, 9.17) is 11.6 Å². The number of carbonyl (C=O) groups excluding carboxylic acids is 1. The van der Waals surface area contributed by atoms with Gasteiger partial charge in [-0.1, -0.05) is 41.9 Å². The largest absolute Gasteiger partial charge is 0.332 e. The van der Waals surface area contributed by atoms with Crippen molar-refractivity contribution in [2.24, 2.45) is 0 Å². The van der Waals surface area contributed by atoms with Gasteiger partial charge in [0.05, 0.1) is 10.7 Å². The summed E-state index contributed by atoms with van der Waals surface area (Å²) < 4.78 is 17.4. The highest BCUT2D eigenvalue weighted by atomic mass is 35.5. The Balaban J connectivity index is 1.75. The van der Waals surface area contributed by atoms with Crippen LogP contribution in [-0.4, -0.2) is 24.8 Å². The van der Waals surface area contributed by atoms with Crippen LogP contribution in [0.1, 0.15) is 18.2 Å². The van der Waals surface area contributed by atoms with Gasteiger partial charge in [0.2, 0.25) is 5.91 Å². The van der Waals surface area contributed by atoms with Crippen molar-refractivity contribution in [3.8, 4) is 0 Å². The minimum atomic E-state index is -0.606. The third kappa shape index (κ3) is 4.51. The van der Waals surface area contributed by atoms with Gasteiger partial charge in [-0.25, -0.2) is 9.18 Å². The number of halogens is 2. The average molecular weight is 484 g/mol. The first-order valence-electron chi connectivity index (χ1n) is 10.8. The number of rotatable bonds is 7. The molecule has 34 heavy (non-hydrogen) atoms. The molecule has 2 aromatic heterocycles. The molecule has 0 unspecified atom stereocenters. The Kier molecular flexibility index (Phi) is 6.65. The zero-order valence-corrected chi connectivity index (χ0v) is 19.5. The van der Waals surface area contributed by atoms with Crippen LogP contribution < -0.4 is 16.6 Å². The van der Waals surface area contributed by atoms with Gasteiger partial charge >= 0.3 is 5.69 Å². The number of anilines is 1. The Hall–Kier alpha value is -3.72. The van der Waals surface area contributed by atoms with Gasteiger partial charge in [0, 0.05) is 18.8 Å². The SMILES string of the molecule is CCn1nc(C)c2c1c(=O)n(CCc1ccccc1)c(=O)n2CC(=O)Nc1ccc(F)c(Cl)c1. The molecule has 1 N–H and O–H groups in total. The number of hydrogen-bond donors (Lipinski definition) is 1. The second-order valence-corrected chi connectivity index (χ2v) is 8.24. The van der Waals surface area contributed by atoms with E-state index in [-0.39, 0.29) is 23.6 Å². The van der Waals surface area contributed by atoms with E-state index < -0.39 is 23.0 Å². The number of hydrogen-bond acceptors (Lipinski definition) is 4. The quantitative estimate of drug-likeness (QED) is 0.436. The highest BCUT2D eigenvalue weighted by Crippen LogP contribution is 2.20. The molecule has 4 rings (SSSR count). The summed E-state index contributed by atoms with van der Waals surface area (Å²) in [5.74, 6) is -1.13. The zero-order valence-electron chi connectivity index (χ0n) is 18.7. The van der Waals surface area contributed by atoms with Crippen LogP contribution in [0.15, 0.2) is 58.1 Å². The maximum Gasteiger partial charge on any atom is 0.332 e. The fourth-order valence-electron chi connectivity index (χ4n) is 3.94. The van der Waals surface area contributed by atoms with Gasteiger partial charge in [0.1, 0.15) is 17.9 Å². The topological polar surface area (TPSA) is 90.9 Å². The van der Waals surface area contributed by atoms with Crippen LogP contribution in [0, 0.1) is 12.7 Å². The van der Waals surface area contributed by atoms with Crippen LogP contribution in [0.5, 0.6) is 0 Å². The summed E-state index contributed by atoms with van der Waals surface area (Å²) in [6.45, 7) is 3.76. The maximum atomic E-state index is 13.4. The van der Waals surface area contributed by atoms with Crippen molar-refractivity contribution < 1.29 is 9.18 Å². The van der Waals surface area contributed by atoms with Crippen molar-refractivity contribution in [1.82, 2.24) is 18.9 Å². The van der Waals surface area contributed by atoms with E-state index in [0.29, 0.717) is 29.9 Å². The third-order valence-electron chi connectivity index (χ3n) is 5.55. The number of carbonyl (C=O) groups is 1. The number of fused-ring (bicyclic) bond motifs is 1. The molecule has 0 atom stereocenters. The Morgan fingerprint density at radius 1 is 1.09 bits per heavy atom. The average Bonchev–Trinajstić information content (AvgIpc) is 3.16. The predicted octanol–water partition coefficient (Wildman–Crippen LogP) is 3.36. The van der Waals surface area contributed by atoms with E-state index >= 15 is 0 Å². The van der Waals surface area contributed by atoms with Gasteiger partial charge in [0.15, 0.2) is 5.52 Å². The molecule has 1 amide bonds. The van der Waals surface area contributed by atoms with Crippen LogP contribution in [0.25, 0.3) is 11.0 Å². The molecule has 2 aromatic carbocycles. The van der Waals surface area contributed by atoms with E-state index in [1.807, 2.05) is 37.3 Å². The van der Waals surface area contributed by atoms with Crippen molar-refractivity contribution >= 4 is 34.2 Å². The lowest BCUT2D eigenvalue weighted by atomic mass is 10.1. The van der Waals surface area contributed by atoms with Crippen LogP contribution in [0.2, 0.25) is 5.02 Å². The number of aromatic nitrogens is 4. The maximum absolute atomic E-state index is 13.4. The smallest absolute Gasteiger partial charge is 0.324 e. The summed E-state index contributed by atoms with van der Waals surface area (Å²) in [5.41, 5.74) is 1.29. The molecule has 176 valence electrons. The first kappa shape index (κ1) is 23.4. The Morgan fingerprint density at radius 2 is 1.82 bits per heavy atom. The zero-order chi connectivity index (χ0) is 24.4. The number of aryl methyl sites for hydroxylation is 3. The number of amides is 1. The first-order valence-corrected chi connectivity index (χ1v) is 11.2. The molecule has 0 spiro atoms. The molecule has 0 saturated heterocycles. The van der Waals surface area contributed by atoms with Crippen molar-refractivity contribution in [2.45, 2.75) is 39.9 Å². The van der Waals surface area contributed by atoms with Gasteiger partial charge in [0.25, 0.3) is 5.56 Å². The molecular weight excluding hydrogens is 461 g/mol. The number of nitrogens with one attached hydrogen (secondary N) is 1. The van der Waals surface area contributed by atoms with E-state index in [1.54, 1.807) is 11.6 Å². The highest BCUT2D eigenvalue weighted by molar-refractivity contribution is 6.31. The Bertz CT molecular complexity index is 1490. The van der Waals surface area contributed by atoms with Crippen molar-refractivity contribution in [3.05, 3.63) is 91.5 Å². The Labute approximate surface area is 199 Å². The third-order valence-corrected chi connectivity index (χ3v) is 5.84. The molecule has 4 aromatic rings. The minimum absolute atomic E-state index is 0.133. The highest BCUT2D eigenvalue weighted by Gasteiger charge is 2.21. The van der Waals surface area contributed by atoms with Crippen LogP contribution in [0.4, 0.5) is 10.1 Å². The summed E-state index contributed by atoms with van der Waals surface area (Å²) in [5, 5.41) is 6.88. The summed E-state index contributed by atoms with van der Waals surface area (Å²) in [4.78, 5) is 39.5. The van der Waals surface area contributed by atoms with E-state index in [2.05, 4.69) is 10.4 Å². The second kappa shape index (κ2) is 9.64. The van der Waals surface area contributed by atoms with Gasteiger partial charge in [-0.2, -0.15) is 5.10 Å². The van der Waals surface area contributed by atoms with E-state index in [1.165, 1.54) is 16.7 Å². The van der Waals surface area contributed by atoms with Gasteiger partial charge in [-0.15, -0.1) is 0 Å². The summed E-state index contributed by atoms with van der Waals surface area (Å²) in [6.07, 6.45) is 0.473. The van der Waals surface area contributed by atoms with Crippen molar-refractivity contribution in [1.29, 1.82) is 0 Å². The summed E-state index contributed by atoms with van der Waals surface area (Å²) in [7, 11) is 0. The molecule has 8 nitrogen and oxygen atoms in total. The van der Waals surface area contributed by atoms with Crippen LogP contribution >= 0.6 is 11.6 Å². The van der Waals surface area contributed by atoms with Crippen molar-refractivity contribution in [3.63, 3.8) is 0 Å². The standard InChI is InChI=1S/C24H23ClFN5O3/c1-3-31-22-21(15(2)28-31)30(14-20(32)27-17-9-10-19(26)18(25)13-17)24(34)29(23(22)33)12-11-16-7-5-4-6-8-16/h4-10,13H,3,11-12,14H2,1-2H3,(H,27,32). The number of nitrogens with zero attached hydrogens (tertiary/aromatic N) is 4. The molecule has 0 bridgehead atoms. The first-order chi connectivity index (χ1) is 16.3. The van der Waals surface area contributed by atoms with Gasteiger partial charge < -0.3 is 5.32 Å². The summed E-state index contributed by atoms with van der Waals surface area (Å²) in [6, 6.07) is 13.3. The number of benzene rings is 2. The normalized spacial score (nSPS) is 11.2. The molecule has 0 aliphatic rings. The molecule has 0 saturated carbocycles. The molecular formula is C24H23ClFN5O3. The van der Waals surface area contributed by atoms with Crippen LogP contribution in [0.3, 0.4) is 0 Å². The monoisotopic (exact) mass is 483 g/mol. The second-order valence-electron chi connectivity index (χ2n) is 7.84. The minimum Gasteiger partial charge on any atom is -0.324 e. The molecule has 2 heterocycles. The molecule has 0 aliphatic heterocycles. The van der Waals surface area contributed by atoms with Crippen molar-refractivity contribution in [2.75, 3.05) is 5.32 Å². The molecule has 0 fully saturated rings. The predicted molar refractivity (Wildman–Crippen MR) is 129 cm³/mol.